The summed E-state index contributed by atoms with van der Waals surface area (Å²) >= 11 is 0. The van der Waals surface area contributed by atoms with Crippen molar-refractivity contribution in [3.8, 4) is 0 Å². The first-order valence-corrected chi connectivity index (χ1v) is 3.36. The third kappa shape index (κ3) is 1.97. The van der Waals surface area contributed by atoms with E-state index in [4.69, 9.17) is 0 Å². The van der Waals surface area contributed by atoms with Gasteiger partial charge in [-0.25, -0.2) is 4.79 Å². The van der Waals surface area contributed by atoms with Crippen LogP contribution >= 0.6 is 0 Å². The van der Waals surface area contributed by atoms with Crippen LogP contribution in [0.2, 0.25) is 0 Å². The topological polar surface area (TPSA) is 32.3 Å². The van der Waals surface area contributed by atoms with Gasteiger partial charge in [0.2, 0.25) is 0 Å². The van der Waals surface area contributed by atoms with Crippen LogP contribution in [0.4, 0.5) is 4.79 Å². The molecule has 0 saturated carbocycles. The van der Waals surface area contributed by atoms with Gasteiger partial charge in [-0.1, -0.05) is 18.7 Å². The molecule has 0 saturated heterocycles. The van der Waals surface area contributed by atoms with Crippen molar-refractivity contribution in [3.05, 3.63) is 37.2 Å². The Balaban J connectivity index is 2.48. The fourth-order valence-corrected chi connectivity index (χ4v) is 0.788. The lowest BCUT2D eigenvalue weighted by Gasteiger charge is -2.17. The number of nitrogens with zero attached hydrogens (tertiary/aromatic N) is 1. The lowest BCUT2D eigenvalue weighted by molar-refractivity contribution is 0.222. The molecule has 1 N–H and O–H groups in total. The van der Waals surface area contributed by atoms with E-state index in [0.717, 1.165) is 0 Å². The standard InChI is InChI=1S/C8H10N2O/c1-2-9-8(11)10-6-4-3-5-7-10/h2-6H,1,7H2,(H,9,11). The van der Waals surface area contributed by atoms with E-state index in [-0.39, 0.29) is 6.03 Å². The van der Waals surface area contributed by atoms with Gasteiger partial charge in [-0.15, -0.1) is 0 Å². The molecule has 1 rings (SSSR count). The Hall–Kier alpha value is -1.51. The predicted octanol–water partition coefficient (Wildman–Crippen LogP) is 1.23. The van der Waals surface area contributed by atoms with Crippen molar-refractivity contribution in [1.82, 2.24) is 10.2 Å². The number of carbonyl (C=O) groups excluding carboxylic acids is 1. The lowest BCUT2D eigenvalue weighted by Crippen LogP contribution is -2.34. The quantitative estimate of drug-likeness (QED) is 0.599. The molecule has 1 aliphatic heterocycles. The van der Waals surface area contributed by atoms with Gasteiger partial charge in [0.1, 0.15) is 0 Å². The van der Waals surface area contributed by atoms with E-state index in [0.29, 0.717) is 6.54 Å². The molecule has 0 aromatic carbocycles. The van der Waals surface area contributed by atoms with E-state index in [1.165, 1.54) is 6.20 Å². The molecule has 1 heterocycles. The monoisotopic (exact) mass is 150 g/mol. The molecule has 0 radical (unpaired) electrons. The van der Waals surface area contributed by atoms with Gasteiger partial charge in [0, 0.05) is 12.7 Å². The van der Waals surface area contributed by atoms with Gasteiger partial charge >= 0.3 is 6.03 Å². The Bertz CT molecular complexity index is 218. The second-order valence-corrected chi connectivity index (χ2v) is 2.08. The van der Waals surface area contributed by atoms with Crippen molar-refractivity contribution < 1.29 is 4.79 Å². The molecular formula is C8H10N2O. The summed E-state index contributed by atoms with van der Waals surface area (Å²) in [5.74, 6) is 0. The summed E-state index contributed by atoms with van der Waals surface area (Å²) in [7, 11) is 0. The van der Waals surface area contributed by atoms with Gasteiger partial charge in [0.05, 0.1) is 0 Å². The zero-order valence-corrected chi connectivity index (χ0v) is 6.16. The molecule has 0 aromatic rings. The number of rotatable bonds is 1. The van der Waals surface area contributed by atoms with Gasteiger partial charge in [-0.2, -0.15) is 0 Å². The molecule has 0 bridgehead atoms. The molecular weight excluding hydrogens is 140 g/mol. The zero-order valence-electron chi connectivity index (χ0n) is 6.16. The van der Waals surface area contributed by atoms with Crippen LogP contribution < -0.4 is 5.32 Å². The van der Waals surface area contributed by atoms with E-state index in [9.17, 15) is 4.79 Å². The molecule has 1 aliphatic rings. The van der Waals surface area contributed by atoms with E-state index in [2.05, 4.69) is 11.9 Å². The molecule has 58 valence electrons. The van der Waals surface area contributed by atoms with Crippen molar-refractivity contribution >= 4 is 6.03 Å². The Morgan fingerprint density at radius 3 is 3.00 bits per heavy atom. The lowest BCUT2D eigenvalue weighted by atomic mass is 10.4. The SMILES string of the molecule is C=CNC(=O)N1C=CC=CC1. The van der Waals surface area contributed by atoms with E-state index in [1.54, 1.807) is 11.1 Å². The van der Waals surface area contributed by atoms with Crippen LogP contribution in [0.15, 0.2) is 37.2 Å². The number of hydrogen-bond acceptors (Lipinski definition) is 1. The number of amides is 2. The molecule has 0 aliphatic carbocycles. The molecule has 0 spiro atoms. The van der Waals surface area contributed by atoms with Gasteiger partial charge in [0.25, 0.3) is 0 Å². The van der Waals surface area contributed by atoms with Gasteiger partial charge < -0.3 is 5.32 Å². The number of carbonyl (C=O) groups is 1. The highest BCUT2D eigenvalue weighted by molar-refractivity contribution is 5.76. The van der Waals surface area contributed by atoms with Crippen LogP contribution in [0.3, 0.4) is 0 Å². The smallest absolute Gasteiger partial charge is 0.315 e. The normalized spacial score (nSPS) is 14.7. The molecule has 0 fully saturated rings. The van der Waals surface area contributed by atoms with Crippen molar-refractivity contribution in [2.75, 3.05) is 6.54 Å². The van der Waals surface area contributed by atoms with Gasteiger partial charge in [-0.05, 0) is 12.3 Å². The van der Waals surface area contributed by atoms with Gasteiger partial charge in [-0.3, -0.25) is 4.90 Å². The molecule has 2 amide bonds. The van der Waals surface area contributed by atoms with Crippen molar-refractivity contribution in [2.45, 2.75) is 0 Å². The molecule has 0 unspecified atom stereocenters. The van der Waals surface area contributed by atoms with Crippen molar-refractivity contribution in [3.63, 3.8) is 0 Å². The fraction of sp³-hybridized carbons (Fsp3) is 0.125. The van der Waals surface area contributed by atoms with Crippen LogP contribution in [-0.2, 0) is 0 Å². The number of allylic oxidation sites excluding steroid dienone is 2. The maximum absolute atomic E-state index is 11.1. The maximum atomic E-state index is 11.1. The van der Waals surface area contributed by atoms with Crippen molar-refractivity contribution in [2.24, 2.45) is 0 Å². The molecule has 0 atom stereocenters. The fourth-order valence-electron chi connectivity index (χ4n) is 0.788. The first-order chi connectivity index (χ1) is 5.34. The summed E-state index contributed by atoms with van der Waals surface area (Å²) in [6, 6.07) is -0.152. The van der Waals surface area contributed by atoms with Crippen LogP contribution in [-0.4, -0.2) is 17.5 Å². The minimum atomic E-state index is -0.152. The van der Waals surface area contributed by atoms with E-state index < -0.39 is 0 Å². The highest BCUT2D eigenvalue weighted by Gasteiger charge is 2.06. The Labute approximate surface area is 65.7 Å². The highest BCUT2D eigenvalue weighted by atomic mass is 16.2. The summed E-state index contributed by atoms with van der Waals surface area (Å²) in [4.78, 5) is 12.6. The summed E-state index contributed by atoms with van der Waals surface area (Å²) in [5.41, 5.74) is 0. The molecule has 11 heavy (non-hydrogen) atoms. The van der Waals surface area contributed by atoms with E-state index in [1.807, 2.05) is 18.2 Å². The third-order valence-electron chi connectivity index (χ3n) is 1.30. The average Bonchev–Trinajstić information content (AvgIpc) is 2.07. The Kier molecular flexibility index (Phi) is 2.49. The second kappa shape index (κ2) is 3.61. The number of nitrogens with one attached hydrogen (secondary N) is 1. The van der Waals surface area contributed by atoms with Crippen LogP contribution in [0.1, 0.15) is 0 Å². The maximum Gasteiger partial charge on any atom is 0.325 e. The largest absolute Gasteiger partial charge is 0.325 e. The summed E-state index contributed by atoms with van der Waals surface area (Å²) in [5, 5.41) is 2.48. The Morgan fingerprint density at radius 1 is 1.64 bits per heavy atom. The highest BCUT2D eigenvalue weighted by Crippen LogP contribution is 1.97. The van der Waals surface area contributed by atoms with Crippen LogP contribution in [0.25, 0.3) is 0 Å². The van der Waals surface area contributed by atoms with Gasteiger partial charge in [0.15, 0.2) is 0 Å². The summed E-state index contributed by atoms with van der Waals surface area (Å²) < 4.78 is 0. The minimum absolute atomic E-state index is 0.152. The van der Waals surface area contributed by atoms with Crippen LogP contribution in [0.5, 0.6) is 0 Å². The zero-order chi connectivity index (χ0) is 8.10. The van der Waals surface area contributed by atoms with E-state index >= 15 is 0 Å². The first-order valence-electron chi connectivity index (χ1n) is 3.36. The molecule has 0 aromatic heterocycles. The second-order valence-electron chi connectivity index (χ2n) is 2.08. The molecule has 3 nitrogen and oxygen atoms in total. The minimum Gasteiger partial charge on any atom is -0.315 e. The average molecular weight is 150 g/mol. The Morgan fingerprint density at radius 2 is 2.45 bits per heavy atom. The summed E-state index contributed by atoms with van der Waals surface area (Å²) in [6.45, 7) is 4.02. The van der Waals surface area contributed by atoms with Crippen LogP contribution in [0, 0.1) is 0 Å². The summed E-state index contributed by atoms with van der Waals surface area (Å²) in [6.07, 6.45) is 8.71. The number of urea groups is 1. The third-order valence-corrected chi connectivity index (χ3v) is 1.30. The number of hydrogen-bond donors (Lipinski definition) is 1. The van der Waals surface area contributed by atoms with Crippen molar-refractivity contribution in [1.29, 1.82) is 0 Å². The predicted molar refractivity (Wildman–Crippen MR) is 43.7 cm³/mol. The first kappa shape index (κ1) is 7.60. The molecule has 3 heteroatoms.